The van der Waals surface area contributed by atoms with Gasteiger partial charge in [0.2, 0.25) is 5.91 Å². The fourth-order valence-electron chi connectivity index (χ4n) is 3.18. The molecule has 2 aromatic rings. The Morgan fingerprint density at radius 2 is 1.87 bits per heavy atom. The highest BCUT2D eigenvalue weighted by Gasteiger charge is 2.52. The van der Waals surface area contributed by atoms with Gasteiger partial charge < -0.3 is 21.3 Å². The summed E-state index contributed by atoms with van der Waals surface area (Å²) < 4.78 is 13.2. The number of nitrogens with one attached hydrogen (secondary N) is 2. The van der Waals surface area contributed by atoms with Crippen molar-refractivity contribution < 1.29 is 18.8 Å². The molecule has 2 aromatic carbocycles. The number of rotatable bonds is 5. The normalized spacial score (nSPS) is 19.8. The molecule has 1 aliphatic heterocycles. The summed E-state index contributed by atoms with van der Waals surface area (Å²) in [5.41, 5.74) is 5.02. The SMILES string of the molecule is CN(C)C(=O)C1N=CNC1(C(N)=O)c1ccc(NC(=O)c2ccc(F)cc2Cl)cc1. The molecule has 2 atom stereocenters. The molecule has 0 saturated carbocycles. The minimum atomic E-state index is -1.55. The molecule has 0 spiro atoms. The van der Waals surface area contributed by atoms with Gasteiger partial charge in [0.25, 0.3) is 11.8 Å². The number of nitrogens with two attached hydrogens (primary N) is 1. The Morgan fingerprint density at radius 3 is 2.43 bits per heavy atom. The van der Waals surface area contributed by atoms with Crippen molar-refractivity contribution >= 4 is 41.3 Å². The number of anilines is 1. The van der Waals surface area contributed by atoms with Crippen molar-refractivity contribution in [3.8, 4) is 0 Å². The predicted molar refractivity (Wildman–Crippen MR) is 111 cm³/mol. The zero-order chi connectivity index (χ0) is 22.1. The summed E-state index contributed by atoms with van der Waals surface area (Å²) in [6.45, 7) is 0. The minimum Gasteiger partial charge on any atom is -0.367 e. The minimum absolute atomic E-state index is 0.0193. The Bertz CT molecular complexity index is 1040. The van der Waals surface area contributed by atoms with Gasteiger partial charge in [-0.1, -0.05) is 23.7 Å². The maximum absolute atomic E-state index is 13.2. The summed E-state index contributed by atoms with van der Waals surface area (Å²) in [4.78, 5) is 42.7. The Morgan fingerprint density at radius 1 is 1.20 bits per heavy atom. The largest absolute Gasteiger partial charge is 0.367 e. The second-order valence-corrected chi connectivity index (χ2v) is 7.29. The number of carbonyl (C=O) groups is 3. The van der Waals surface area contributed by atoms with Crippen LogP contribution in [0.15, 0.2) is 47.5 Å². The topological polar surface area (TPSA) is 117 Å². The van der Waals surface area contributed by atoms with Gasteiger partial charge >= 0.3 is 0 Å². The number of hydrogen-bond acceptors (Lipinski definition) is 5. The van der Waals surface area contributed by atoms with Gasteiger partial charge in [0.15, 0.2) is 11.6 Å². The molecule has 8 nitrogen and oxygen atoms in total. The van der Waals surface area contributed by atoms with Crippen LogP contribution in [0.1, 0.15) is 15.9 Å². The maximum atomic E-state index is 13.2. The Labute approximate surface area is 176 Å². The summed E-state index contributed by atoms with van der Waals surface area (Å²) in [7, 11) is 3.11. The Balaban J connectivity index is 1.87. The zero-order valence-electron chi connectivity index (χ0n) is 16.1. The molecule has 10 heteroatoms. The number of halogens is 2. The average Bonchev–Trinajstić information content (AvgIpc) is 3.13. The first-order valence-electron chi connectivity index (χ1n) is 8.84. The maximum Gasteiger partial charge on any atom is 0.257 e. The second-order valence-electron chi connectivity index (χ2n) is 6.89. The van der Waals surface area contributed by atoms with Crippen molar-refractivity contribution in [2.75, 3.05) is 19.4 Å². The molecule has 3 rings (SSSR count). The van der Waals surface area contributed by atoms with Gasteiger partial charge in [0.1, 0.15) is 5.82 Å². The van der Waals surface area contributed by atoms with E-state index in [1.54, 1.807) is 38.4 Å². The van der Waals surface area contributed by atoms with Gasteiger partial charge in [-0.15, -0.1) is 0 Å². The number of nitrogens with zero attached hydrogens (tertiary/aromatic N) is 2. The lowest BCUT2D eigenvalue weighted by Gasteiger charge is -2.32. The van der Waals surface area contributed by atoms with Gasteiger partial charge in [-0.2, -0.15) is 0 Å². The standard InChI is InChI=1S/C20H19ClFN5O3/c1-27(2)18(29)16-20(19(23)30,25-10-24-16)11-3-6-13(7-4-11)26-17(28)14-8-5-12(22)9-15(14)21/h3-10,16H,1-2H3,(H2,23,30)(H,24,25)(H,26,28). The molecule has 0 aromatic heterocycles. The van der Waals surface area contributed by atoms with Gasteiger partial charge in [-0.25, -0.2) is 4.39 Å². The van der Waals surface area contributed by atoms with E-state index in [2.05, 4.69) is 15.6 Å². The van der Waals surface area contributed by atoms with E-state index in [-0.39, 0.29) is 10.6 Å². The molecule has 0 saturated heterocycles. The molecule has 0 radical (unpaired) electrons. The first-order valence-corrected chi connectivity index (χ1v) is 9.22. The third-order valence-electron chi connectivity index (χ3n) is 4.76. The monoisotopic (exact) mass is 431 g/mol. The van der Waals surface area contributed by atoms with Crippen LogP contribution < -0.4 is 16.4 Å². The highest BCUT2D eigenvalue weighted by molar-refractivity contribution is 6.34. The molecule has 30 heavy (non-hydrogen) atoms. The fraction of sp³-hybridized carbons (Fsp3) is 0.200. The van der Waals surface area contributed by atoms with Crippen LogP contribution in [0.5, 0.6) is 0 Å². The number of carbonyl (C=O) groups excluding carboxylic acids is 3. The summed E-state index contributed by atoms with van der Waals surface area (Å²) in [6, 6.07) is 8.61. The number of benzene rings is 2. The Kier molecular flexibility index (Phi) is 5.75. The lowest BCUT2D eigenvalue weighted by atomic mass is 9.82. The number of aliphatic imine (C=N–C) groups is 1. The van der Waals surface area contributed by atoms with E-state index in [0.717, 1.165) is 12.1 Å². The average molecular weight is 432 g/mol. The zero-order valence-corrected chi connectivity index (χ0v) is 16.9. The molecule has 3 amide bonds. The van der Waals surface area contributed by atoms with E-state index in [1.165, 1.54) is 17.3 Å². The first-order chi connectivity index (χ1) is 14.2. The molecule has 0 fully saturated rings. The van der Waals surface area contributed by atoms with E-state index < -0.39 is 35.1 Å². The molecule has 156 valence electrons. The highest BCUT2D eigenvalue weighted by Crippen LogP contribution is 2.32. The highest BCUT2D eigenvalue weighted by atomic mass is 35.5. The molecular weight excluding hydrogens is 413 g/mol. The van der Waals surface area contributed by atoms with Gasteiger partial charge in [0, 0.05) is 19.8 Å². The van der Waals surface area contributed by atoms with E-state index in [9.17, 15) is 18.8 Å². The van der Waals surface area contributed by atoms with E-state index in [1.807, 2.05) is 0 Å². The van der Waals surface area contributed by atoms with Crippen molar-refractivity contribution in [1.82, 2.24) is 10.2 Å². The van der Waals surface area contributed by atoms with Crippen molar-refractivity contribution in [2.24, 2.45) is 10.7 Å². The molecule has 1 aliphatic rings. The number of amides is 3. The van der Waals surface area contributed by atoms with Crippen LogP contribution in [0.4, 0.5) is 10.1 Å². The summed E-state index contributed by atoms with van der Waals surface area (Å²) in [5.74, 6) is -2.24. The van der Waals surface area contributed by atoms with E-state index in [0.29, 0.717) is 11.3 Å². The van der Waals surface area contributed by atoms with Crippen LogP contribution in [0.2, 0.25) is 5.02 Å². The third-order valence-corrected chi connectivity index (χ3v) is 5.08. The van der Waals surface area contributed by atoms with Crippen LogP contribution in [0, 0.1) is 5.82 Å². The van der Waals surface area contributed by atoms with Crippen LogP contribution in [0.3, 0.4) is 0 Å². The van der Waals surface area contributed by atoms with E-state index in [4.69, 9.17) is 17.3 Å². The van der Waals surface area contributed by atoms with Crippen LogP contribution in [-0.2, 0) is 15.1 Å². The number of primary amides is 1. The Hall–Kier alpha value is -3.46. The summed E-state index contributed by atoms with van der Waals surface area (Å²) in [5, 5.41) is 5.44. The van der Waals surface area contributed by atoms with Crippen molar-refractivity contribution in [1.29, 1.82) is 0 Å². The van der Waals surface area contributed by atoms with Gasteiger partial charge in [-0.3, -0.25) is 19.4 Å². The molecule has 4 N–H and O–H groups in total. The van der Waals surface area contributed by atoms with Crippen molar-refractivity contribution in [2.45, 2.75) is 11.6 Å². The molecule has 0 aliphatic carbocycles. The fourth-order valence-corrected chi connectivity index (χ4v) is 3.43. The quantitative estimate of drug-likeness (QED) is 0.665. The van der Waals surface area contributed by atoms with E-state index >= 15 is 0 Å². The molecule has 1 heterocycles. The summed E-state index contributed by atoms with van der Waals surface area (Å²) in [6.07, 6.45) is 1.28. The van der Waals surface area contributed by atoms with Crippen molar-refractivity contribution in [3.05, 3.63) is 64.4 Å². The molecular formula is C20H19ClFN5O3. The number of likely N-dealkylation sites (N-methyl/N-ethyl adjacent to an activating group) is 1. The predicted octanol–water partition coefficient (Wildman–Crippen LogP) is 1.50. The number of hydrogen-bond donors (Lipinski definition) is 3. The van der Waals surface area contributed by atoms with Crippen LogP contribution in [0.25, 0.3) is 0 Å². The molecule has 0 bridgehead atoms. The van der Waals surface area contributed by atoms with Crippen LogP contribution in [-0.4, -0.2) is 49.1 Å². The second kappa shape index (κ2) is 8.11. The lowest BCUT2D eigenvalue weighted by molar-refractivity contribution is -0.136. The lowest BCUT2D eigenvalue weighted by Crippen LogP contribution is -2.59. The third kappa shape index (κ3) is 3.71. The van der Waals surface area contributed by atoms with Gasteiger partial charge in [-0.05, 0) is 35.9 Å². The van der Waals surface area contributed by atoms with Gasteiger partial charge in [0.05, 0.1) is 16.9 Å². The van der Waals surface area contributed by atoms with Crippen LogP contribution >= 0.6 is 11.6 Å². The summed E-state index contributed by atoms with van der Waals surface area (Å²) >= 11 is 5.92. The molecule has 2 unspecified atom stereocenters. The smallest absolute Gasteiger partial charge is 0.257 e. The van der Waals surface area contributed by atoms with Crippen molar-refractivity contribution in [3.63, 3.8) is 0 Å². The first kappa shape index (κ1) is 21.3.